The number of ketones is 1. The summed E-state index contributed by atoms with van der Waals surface area (Å²) in [7, 11) is 2.85. The second kappa shape index (κ2) is 6.45. The number of ether oxygens (including phenoxy) is 2. The summed E-state index contributed by atoms with van der Waals surface area (Å²) in [5.41, 5.74) is 0.00536. The molecule has 0 N–H and O–H groups in total. The van der Waals surface area contributed by atoms with Crippen molar-refractivity contribution >= 4 is 33.3 Å². The first-order chi connectivity index (χ1) is 9.99. The van der Waals surface area contributed by atoms with Gasteiger partial charge in [0, 0.05) is 4.47 Å². The molecule has 0 aliphatic carbocycles. The normalized spacial score (nSPS) is 10.3. The molecule has 21 heavy (non-hydrogen) atoms. The third-order valence-electron chi connectivity index (χ3n) is 2.91. The van der Waals surface area contributed by atoms with Gasteiger partial charge in [-0.1, -0.05) is 17.7 Å². The highest BCUT2D eigenvalue weighted by Gasteiger charge is 2.23. The van der Waals surface area contributed by atoms with Gasteiger partial charge >= 0.3 is 0 Å². The molecule has 0 aliphatic heterocycles. The molecule has 6 heteroatoms. The highest BCUT2D eigenvalue weighted by atomic mass is 79.9. The lowest BCUT2D eigenvalue weighted by Crippen LogP contribution is -2.08. The van der Waals surface area contributed by atoms with E-state index in [0.29, 0.717) is 16.0 Å². The van der Waals surface area contributed by atoms with Crippen molar-refractivity contribution < 1.29 is 18.7 Å². The number of halogens is 3. The fourth-order valence-corrected chi connectivity index (χ4v) is 2.39. The van der Waals surface area contributed by atoms with Crippen molar-refractivity contribution in [3.05, 3.63) is 56.8 Å². The van der Waals surface area contributed by atoms with E-state index in [1.54, 1.807) is 18.2 Å². The molecule has 0 radical (unpaired) electrons. The zero-order valence-electron chi connectivity index (χ0n) is 11.2. The predicted molar refractivity (Wildman–Crippen MR) is 82.1 cm³/mol. The van der Waals surface area contributed by atoms with Crippen LogP contribution in [0.3, 0.4) is 0 Å². The molecule has 2 rings (SSSR count). The van der Waals surface area contributed by atoms with Crippen LogP contribution in [0, 0.1) is 5.82 Å². The van der Waals surface area contributed by atoms with E-state index < -0.39 is 11.6 Å². The third-order valence-corrected chi connectivity index (χ3v) is 4.11. The monoisotopic (exact) mass is 372 g/mol. The summed E-state index contributed by atoms with van der Waals surface area (Å²) < 4.78 is 24.7. The molecule has 0 saturated carbocycles. The van der Waals surface area contributed by atoms with Crippen molar-refractivity contribution in [1.29, 1.82) is 0 Å². The maximum Gasteiger partial charge on any atom is 0.203 e. The number of methoxy groups -OCH3 is 2. The molecular formula is C15H11BrClFO3. The maximum absolute atomic E-state index is 14.0. The van der Waals surface area contributed by atoms with E-state index >= 15 is 0 Å². The minimum Gasteiger partial charge on any atom is -0.496 e. The van der Waals surface area contributed by atoms with Crippen molar-refractivity contribution in [1.82, 2.24) is 0 Å². The second-order valence-corrected chi connectivity index (χ2v) is 5.37. The van der Waals surface area contributed by atoms with E-state index in [1.165, 1.54) is 20.3 Å². The minimum atomic E-state index is -0.677. The predicted octanol–water partition coefficient (Wildman–Crippen LogP) is 4.49. The van der Waals surface area contributed by atoms with E-state index in [9.17, 15) is 9.18 Å². The maximum atomic E-state index is 14.0. The van der Waals surface area contributed by atoms with Gasteiger partial charge in [-0.25, -0.2) is 4.39 Å². The Morgan fingerprint density at radius 1 is 1.19 bits per heavy atom. The third kappa shape index (κ3) is 3.04. The molecule has 3 nitrogen and oxygen atoms in total. The van der Waals surface area contributed by atoms with Gasteiger partial charge in [-0.3, -0.25) is 4.79 Å². The van der Waals surface area contributed by atoms with Gasteiger partial charge in [0.2, 0.25) is 5.78 Å². The highest BCUT2D eigenvalue weighted by Crippen LogP contribution is 2.33. The van der Waals surface area contributed by atoms with Gasteiger partial charge in [0.15, 0.2) is 0 Å². The van der Waals surface area contributed by atoms with Crippen molar-refractivity contribution in [3.8, 4) is 11.5 Å². The number of carbonyl (C=O) groups is 1. The zero-order valence-corrected chi connectivity index (χ0v) is 13.6. The van der Waals surface area contributed by atoms with Gasteiger partial charge in [0.25, 0.3) is 0 Å². The first-order valence-corrected chi connectivity index (χ1v) is 7.07. The van der Waals surface area contributed by atoms with Gasteiger partial charge < -0.3 is 9.47 Å². The molecule has 0 unspecified atom stereocenters. The molecule has 110 valence electrons. The Kier molecular flexibility index (Phi) is 4.85. The van der Waals surface area contributed by atoms with Gasteiger partial charge in [0.05, 0.1) is 24.8 Å². The Hall–Kier alpha value is -1.59. The largest absolute Gasteiger partial charge is 0.496 e. The SMILES string of the molecule is COc1cccc(OC)c1C(=O)c1cc(Cl)c(Br)cc1F. The Morgan fingerprint density at radius 3 is 2.29 bits per heavy atom. The van der Waals surface area contributed by atoms with Crippen LogP contribution < -0.4 is 9.47 Å². The van der Waals surface area contributed by atoms with Gasteiger partial charge in [-0.15, -0.1) is 0 Å². The molecule has 0 aliphatic rings. The Balaban J connectivity index is 2.63. The summed E-state index contributed by atoms with van der Waals surface area (Å²) in [5.74, 6) is -0.629. The smallest absolute Gasteiger partial charge is 0.203 e. The summed E-state index contributed by atoms with van der Waals surface area (Å²) >= 11 is 9.05. The van der Waals surface area contributed by atoms with Gasteiger partial charge in [-0.05, 0) is 40.2 Å². The molecular weight excluding hydrogens is 363 g/mol. The van der Waals surface area contributed by atoms with E-state index in [1.807, 2.05) is 0 Å². The van der Waals surface area contributed by atoms with Crippen molar-refractivity contribution in [2.45, 2.75) is 0 Å². The number of hydrogen-bond donors (Lipinski definition) is 0. The molecule has 0 heterocycles. The number of rotatable bonds is 4. The fraction of sp³-hybridized carbons (Fsp3) is 0.133. The molecule has 0 amide bonds. The summed E-state index contributed by atoms with van der Waals surface area (Å²) in [6.07, 6.45) is 0. The summed E-state index contributed by atoms with van der Waals surface area (Å²) in [6.45, 7) is 0. The van der Waals surface area contributed by atoms with Crippen LogP contribution in [0.25, 0.3) is 0 Å². The molecule has 2 aromatic carbocycles. The highest BCUT2D eigenvalue weighted by molar-refractivity contribution is 9.10. The standard InChI is InChI=1S/C15H11BrClFO3/c1-20-12-4-3-5-13(21-2)14(12)15(19)8-6-10(17)9(16)7-11(8)18/h3-7H,1-2H3. The lowest BCUT2D eigenvalue weighted by molar-refractivity contribution is 0.102. The van der Waals surface area contributed by atoms with Crippen LogP contribution in [0.15, 0.2) is 34.8 Å². The average Bonchev–Trinajstić information content (AvgIpc) is 2.49. The number of benzene rings is 2. The summed E-state index contributed by atoms with van der Waals surface area (Å²) in [4.78, 5) is 12.6. The van der Waals surface area contributed by atoms with E-state index in [4.69, 9.17) is 21.1 Å². The Bertz CT molecular complexity index is 681. The minimum absolute atomic E-state index is 0.147. The Morgan fingerprint density at radius 2 is 1.76 bits per heavy atom. The molecule has 0 aromatic heterocycles. The van der Waals surface area contributed by atoms with E-state index in [2.05, 4.69) is 15.9 Å². The van der Waals surface area contributed by atoms with E-state index in [-0.39, 0.29) is 16.1 Å². The zero-order chi connectivity index (χ0) is 15.6. The van der Waals surface area contributed by atoms with Crippen molar-refractivity contribution in [2.24, 2.45) is 0 Å². The summed E-state index contributed by atoms with van der Waals surface area (Å²) in [6, 6.07) is 7.31. The van der Waals surface area contributed by atoms with Crippen LogP contribution in [0.2, 0.25) is 5.02 Å². The fourth-order valence-electron chi connectivity index (χ4n) is 1.91. The molecule has 2 aromatic rings. The number of hydrogen-bond acceptors (Lipinski definition) is 3. The van der Waals surface area contributed by atoms with Crippen LogP contribution in [0.5, 0.6) is 11.5 Å². The van der Waals surface area contributed by atoms with Crippen molar-refractivity contribution in [2.75, 3.05) is 14.2 Å². The van der Waals surface area contributed by atoms with Crippen LogP contribution in [0.4, 0.5) is 4.39 Å². The van der Waals surface area contributed by atoms with Gasteiger partial charge in [0.1, 0.15) is 22.9 Å². The molecule has 0 bridgehead atoms. The lowest BCUT2D eigenvalue weighted by Gasteiger charge is -2.13. The van der Waals surface area contributed by atoms with Crippen LogP contribution >= 0.6 is 27.5 Å². The Labute approximate surface area is 134 Å². The van der Waals surface area contributed by atoms with Crippen LogP contribution in [-0.4, -0.2) is 20.0 Å². The first-order valence-electron chi connectivity index (χ1n) is 5.89. The molecule has 0 saturated heterocycles. The summed E-state index contributed by atoms with van der Waals surface area (Å²) in [5, 5.41) is 0.244. The molecule has 0 fully saturated rings. The van der Waals surface area contributed by atoms with Crippen LogP contribution in [-0.2, 0) is 0 Å². The lowest BCUT2D eigenvalue weighted by atomic mass is 10.0. The topological polar surface area (TPSA) is 35.5 Å². The molecule has 0 atom stereocenters. The molecule has 0 spiro atoms. The first kappa shape index (κ1) is 15.8. The van der Waals surface area contributed by atoms with Gasteiger partial charge in [-0.2, -0.15) is 0 Å². The number of carbonyl (C=O) groups excluding carboxylic acids is 1. The van der Waals surface area contributed by atoms with Crippen LogP contribution in [0.1, 0.15) is 15.9 Å². The average molecular weight is 374 g/mol. The van der Waals surface area contributed by atoms with E-state index in [0.717, 1.165) is 6.07 Å². The second-order valence-electron chi connectivity index (χ2n) is 4.11. The van der Waals surface area contributed by atoms with Crippen molar-refractivity contribution in [3.63, 3.8) is 0 Å². The quantitative estimate of drug-likeness (QED) is 0.585.